The minimum atomic E-state index is -0.594. The van der Waals surface area contributed by atoms with Crippen LogP contribution in [0.2, 0.25) is 0 Å². The first kappa shape index (κ1) is 16.0. The largest absolute Gasteiger partial charge is 0.497 e. The summed E-state index contributed by atoms with van der Waals surface area (Å²) in [5, 5.41) is 5.48. The Morgan fingerprint density at radius 2 is 1.70 bits per heavy atom. The zero-order valence-electron chi connectivity index (χ0n) is 12.6. The summed E-state index contributed by atoms with van der Waals surface area (Å²) in [6.07, 6.45) is 0. The van der Waals surface area contributed by atoms with Crippen LogP contribution >= 0.6 is 0 Å². The van der Waals surface area contributed by atoms with Gasteiger partial charge in [0.15, 0.2) is 0 Å². The van der Waals surface area contributed by atoms with Crippen molar-refractivity contribution in [3.05, 3.63) is 29.8 Å². The second kappa shape index (κ2) is 6.41. The Kier molecular flexibility index (Phi) is 5.13. The topological polar surface area (TPSA) is 67.4 Å². The first-order valence-electron chi connectivity index (χ1n) is 6.50. The molecule has 0 aliphatic rings. The van der Waals surface area contributed by atoms with E-state index in [1.54, 1.807) is 38.3 Å². The van der Waals surface area contributed by atoms with E-state index < -0.39 is 6.04 Å². The third-order valence-corrected chi connectivity index (χ3v) is 2.59. The van der Waals surface area contributed by atoms with Crippen molar-refractivity contribution < 1.29 is 14.3 Å². The Hall–Kier alpha value is -2.04. The summed E-state index contributed by atoms with van der Waals surface area (Å²) in [5.41, 5.74) is 0.164. The smallest absolute Gasteiger partial charge is 0.251 e. The first-order valence-corrected chi connectivity index (χ1v) is 6.50. The molecule has 2 N–H and O–H groups in total. The van der Waals surface area contributed by atoms with Gasteiger partial charge < -0.3 is 15.4 Å². The highest BCUT2D eigenvalue weighted by molar-refractivity contribution is 5.97. The molecule has 0 aliphatic heterocycles. The van der Waals surface area contributed by atoms with Gasteiger partial charge in [0.2, 0.25) is 5.91 Å². The highest BCUT2D eigenvalue weighted by Crippen LogP contribution is 2.11. The van der Waals surface area contributed by atoms with Crippen LogP contribution < -0.4 is 15.4 Å². The minimum absolute atomic E-state index is 0.209. The fourth-order valence-electron chi connectivity index (χ4n) is 1.57. The van der Waals surface area contributed by atoms with E-state index in [1.807, 2.05) is 20.8 Å². The summed E-state index contributed by atoms with van der Waals surface area (Å²) in [5.74, 6) is 0.184. The van der Waals surface area contributed by atoms with Crippen molar-refractivity contribution >= 4 is 11.8 Å². The molecule has 1 rings (SSSR count). The van der Waals surface area contributed by atoms with Crippen LogP contribution in [-0.4, -0.2) is 30.5 Å². The molecule has 0 saturated heterocycles. The van der Waals surface area contributed by atoms with Crippen molar-refractivity contribution in [1.82, 2.24) is 10.6 Å². The summed E-state index contributed by atoms with van der Waals surface area (Å²) >= 11 is 0. The van der Waals surface area contributed by atoms with E-state index in [9.17, 15) is 9.59 Å². The predicted molar refractivity (Wildman–Crippen MR) is 77.8 cm³/mol. The molecule has 0 bridgehead atoms. The van der Waals surface area contributed by atoms with Gasteiger partial charge in [-0.1, -0.05) is 0 Å². The van der Waals surface area contributed by atoms with E-state index in [-0.39, 0.29) is 17.4 Å². The lowest BCUT2D eigenvalue weighted by Gasteiger charge is -2.23. The number of nitrogens with one attached hydrogen (secondary N) is 2. The molecular formula is C15H22N2O3. The Labute approximate surface area is 119 Å². The highest BCUT2D eigenvalue weighted by atomic mass is 16.5. The van der Waals surface area contributed by atoms with Gasteiger partial charge in [0.05, 0.1) is 7.11 Å². The van der Waals surface area contributed by atoms with Crippen molar-refractivity contribution in [2.75, 3.05) is 7.11 Å². The molecule has 0 heterocycles. The van der Waals surface area contributed by atoms with Crippen molar-refractivity contribution in [3.63, 3.8) is 0 Å². The van der Waals surface area contributed by atoms with Crippen molar-refractivity contribution in [3.8, 4) is 5.75 Å². The summed E-state index contributed by atoms with van der Waals surface area (Å²) in [6.45, 7) is 7.33. The molecule has 1 aromatic carbocycles. The number of carbonyl (C=O) groups is 2. The number of amides is 2. The van der Waals surface area contributed by atoms with E-state index in [0.29, 0.717) is 11.3 Å². The van der Waals surface area contributed by atoms with Crippen LogP contribution in [0, 0.1) is 0 Å². The van der Waals surface area contributed by atoms with Gasteiger partial charge in [-0.15, -0.1) is 0 Å². The summed E-state index contributed by atoms with van der Waals surface area (Å²) in [7, 11) is 1.56. The Morgan fingerprint density at radius 1 is 1.15 bits per heavy atom. The number of methoxy groups -OCH3 is 1. The van der Waals surface area contributed by atoms with Gasteiger partial charge in [-0.05, 0) is 52.0 Å². The van der Waals surface area contributed by atoms with Crippen LogP contribution in [0.4, 0.5) is 0 Å². The van der Waals surface area contributed by atoms with Crippen molar-refractivity contribution in [2.24, 2.45) is 0 Å². The van der Waals surface area contributed by atoms with Crippen LogP contribution in [0.15, 0.2) is 24.3 Å². The fourth-order valence-corrected chi connectivity index (χ4v) is 1.57. The lowest BCUT2D eigenvalue weighted by Crippen LogP contribution is -2.50. The van der Waals surface area contributed by atoms with Gasteiger partial charge in [0.1, 0.15) is 11.8 Å². The lowest BCUT2D eigenvalue weighted by atomic mass is 10.1. The third-order valence-electron chi connectivity index (χ3n) is 2.59. The van der Waals surface area contributed by atoms with Gasteiger partial charge in [-0.25, -0.2) is 0 Å². The maximum Gasteiger partial charge on any atom is 0.251 e. The number of carbonyl (C=O) groups excluding carboxylic acids is 2. The quantitative estimate of drug-likeness (QED) is 0.881. The van der Waals surface area contributed by atoms with Crippen LogP contribution in [0.3, 0.4) is 0 Å². The lowest BCUT2D eigenvalue weighted by molar-refractivity contribution is -0.124. The molecule has 0 aliphatic carbocycles. The first-order chi connectivity index (χ1) is 9.23. The van der Waals surface area contributed by atoms with Gasteiger partial charge >= 0.3 is 0 Å². The molecule has 110 valence electrons. The van der Waals surface area contributed by atoms with Crippen LogP contribution in [0.5, 0.6) is 5.75 Å². The van der Waals surface area contributed by atoms with Gasteiger partial charge in [0.25, 0.3) is 5.91 Å². The molecule has 0 aromatic heterocycles. The van der Waals surface area contributed by atoms with E-state index in [1.165, 1.54) is 0 Å². The SMILES string of the molecule is COc1ccc(C(=O)N[C@@H](C)C(=O)NC(C)(C)C)cc1. The van der Waals surface area contributed by atoms with Crippen LogP contribution in [-0.2, 0) is 4.79 Å². The fraction of sp³-hybridized carbons (Fsp3) is 0.467. The molecule has 20 heavy (non-hydrogen) atoms. The van der Waals surface area contributed by atoms with Gasteiger partial charge in [0, 0.05) is 11.1 Å². The Balaban J connectivity index is 2.62. The van der Waals surface area contributed by atoms with Gasteiger partial charge in [-0.3, -0.25) is 9.59 Å². The Bertz CT molecular complexity index is 475. The van der Waals surface area contributed by atoms with Crippen LogP contribution in [0.1, 0.15) is 38.1 Å². The predicted octanol–water partition coefficient (Wildman–Crippen LogP) is 1.73. The molecule has 1 aromatic rings. The van der Waals surface area contributed by atoms with E-state index in [4.69, 9.17) is 4.74 Å². The molecule has 0 radical (unpaired) electrons. The van der Waals surface area contributed by atoms with E-state index in [0.717, 1.165) is 0 Å². The number of ether oxygens (including phenoxy) is 1. The molecule has 0 fully saturated rings. The molecular weight excluding hydrogens is 256 g/mol. The second-order valence-electron chi connectivity index (χ2n) is 5.66. The molecule has 1 atom stereocenters. The minimum Gasteiger partial charge on any atom is -0.497 e. The molecule has 0 unspecified atom stereocenters. The monoisotopic (exact) mass is 278 g/mol. The van der Waals surface area contributed by atoms with Crippen molar-refractivity contribution in [2.45, 2.75) is 39.3 Å². The molecule has 0 saturated carbocycles. The maximum atomic E-state index is 12.0. The average molecular weight is 278 g/mol. The third kappa shape index (κ3) is 4.91. The highest BCUT2D eigenvalue weighted by Gasteiger charge is 2.21. The molecule has 5 heteroatoms. The zero-order chi connectivity index (χ0) is 15.3. The molecule has 5 nitrogen and oxygen atoms in total. The summed E-state index contributed by atoms with van der Waals surface area (Å²) in [4.78, 5) is 23.9. The summed E-state index contributed by atoms with van der Waals surface area (Å²) < 4.78 is 5.03. The van der Waals surface area contributed by atoms with Crippen LogP contribution in [0.25, 0.3) is 0 Å². The maximum absolute atomic E-state index is 12.0. The number of hydrogen-bond acceptors (Lipinski definition) is 3. The molecule has 2 amide bonds. The normalized spacial score (nSPS) is 12.4. The zero-order valence-corrected chi connectivity index (χ0v) is 12.6. The van der Waals surface area contributed by atoms with Gasteiger partial charge in [-0.2, -0.15) is 0 Å². The number of rotatable bonds is 4. The van der Waals surface area contributed by atoms with E-state index >= 15 is 0 Å². The van der Waals surface area contributed by atoms with E-state index in [2.05, 4.69) is 10.6 Å². The number of benzene rings is 1. The van der Waals surface area contributed by atoms with Crippen molar-refractivity contribution in [1.29, 1.82) is 0 Å². The summed E-state index contributed by atoms with van der Waals surface area (Å²) in [6, 6.07) is 6.12. The second-order valence-corrected chi connectivity index (χ2v) is 5.66. The standard InChI is InChI=1S/C15H22N2O3/c1-10(13(18)17-15(2,3)4)16-14(19)11-6-8-12(20-5)9-7-11/h6-10H,1-5H3,(H,16,19)(H,17,18)/t10-/m0/s1. The average Bonchev–Trinajstić information content (AvgIpc) is 2.36. The number of hydrogen-bond donors (Lipinski definition) is 2. The Morgan fingerprint density at radius 3 is 2.15 bits per heavy atom. The molecule has 0 spiro atoms.